The van der Waals surface area contributed by atoms with Crippen molar-refractivity contribution in [3.63, 3.8) is 0 Å². The molecule has 0 amide bonds. The lowest BCUT2D eigenvalue weighted by Gasteiger charge is -2.33. The first-order valence-corrected chi connectivity index (χ1v) is 13.2. The van der Waals surface area contributed by atoms with Crippen molar-refractivity contribution in [3.05, 3.63) is 70.3 Å². The molecular formula is C30H42O2. The minimum absolute atomic E-state index is 0.228. The minimum Gasteiger partial charge on any atom is -0.348 e. The van der Waals surface area contributed by atoms with Gasteiger partial charge in [0.25, 0.3) is 0 Å². The van der Waals surface area contributed by atoms with Crippen molar-refractivity contribution in [1.29, 1.82) is 0 Å². The van der Waals surface area contributed by atoms with Gasteiger partial charge in [0.15, 0.2) is 6.29 Å². The van der Waals surface area contributed by atoms with Crippen LogP contribution in [0.3, 0.4) is 0 Å². The molecule has 32 heavy (non-hydrogen) atoms. The van der Waals surface area contributed by atoms with Crippen LogP contribution in [0.4, 0.5) is 0 Å². The maximum Gasteiger partial charge on any atom is 0.183 e. The molecule has 1 saturated heterocycles. The summed E-state index contributed by atoms with van der Waals surface area (Å²) in [6.45, 7) is 6.02. The molecule has 0 unspecified atom stereocenters. The first-order chi connectivity index (χ1) is 15.8. The van der Waals surface area contributed by atoms with Crippen molar-refractivity contribution < 1.29 is 9.47 Å². The second-order valence-corrected chi connectivity index (χ2v) is 9.94. The van der Waals surface area contributed by atoms with E-state index in [9.17, 15) is 0 Å². The van der Waals surface area contributed by atoms with E-state index in [1.54, 1.807) is 5.56 Å². The van der Waals surface area contributed by atoms with E-state index in [0.29, 0.717) is 11.8 Å². The first-order valence-electron chi connectivity index (χ1n) is 13.2. The fraction of sp³-hybridized carbons (Fsp3) is 0.600. The monoisotopic (exact) mass is 434 g/mol. The zero-order valence-electron chi connectivity index (χ0n) is 20.3. The van der Waals surface area contributed by atoms with Gasteiger partial charge >= 0.3 is 0 Å². The van der Waals surface area contributed by atoms with E-state index in [4.69, 9.17) is 9.47 Å². The maximum atomic E-state index is 6.27. The van der Waals surface area contributed by atoms with E-state index in [1.807, 2.05) is 0 Å². The molecule has 0 spiro atoms. The normalized spacial score (nSPS) is 22.2. The Hall–Kier alpha value is -1.64. The summed E-state index contributed by atoms with van der Waals surface area (Å²) in [4.78, 5) is 0. The Morgan fingerprint density at radius 1 is 0.688 bits per heavy atom. The van der Waals surface area contributed by atoms with Crippen molar-refractivity contribution in [2.24, 2.45) is 0 Å². The number of benzene rings is 2. The number of unbranched alkanes of at least 4 members (excludes halogenated alkanes) is 2. The molecule has 2 fully saturated rings. The smallest absolute Gasteiger partial charge is 0.183 e. The predicted octanol–water partition coefficient (Wildman–Crippen LogP) is 8.25. The lowest BCUT2D eigenvalue weighted by atomic mass is 9.78. The van der Waals surface area contributed by atoms with Gasteiger partial charge in [-0.1, -0.05) is 88.4 Å². The summed E-state index contributed by atoms with van der Waals surface area (Å²) in [6, 6.07) is 16.1. The molecule has 0 bridgehead atoms. The van der Waals surface area contributed by atoms with Gasteiger partial charge in [-0.15, -0.1) is 0 Å². The number of hydrogen-bond acceptors (Lipinski definition) is 2. The molecule has 174 valence electrons. The number of ether oxygens (including phenoxy) is 2. The van der Waals surface area contributed by atoms with Crippen LogP contribution < -0.4 is 0 Å². The summed E-state index contributed by atoms with van der Waals surface area (Å²) < 4.78 is 12.5. The van der Waals surface area contributed by atoms with Crippen LogP contribution >= 0.6 is 0 Å². The van der Waals surface area contributed by atoms with E-state index in [1.165, 1.54) is 80.9 Å². The van der Waals surface area contributed by atoms with Crippen molar-refractivity contribution in [3.8, 4) is 0 Å². The van der Waals surface area contributed by atoms with Crippen molar-refractivity contribution in [2.75, 3.05) is 13.2 Å². The van der Waals surface area contributed by atoms with E-state index < -0.39 is 0 Å². The maximum absolute atomic E-state index is 6.27. The second kappa shape index (κ2) is 12.0. The molecule has 1 aliphatic heterocycles. The fourth-order valence-electron chi connectivity index (χ4n) is 5.40. The Labute approximate surface area is 195 Å². The highest BCUT2D eigenvalue weighted by Crippen LogP contribution is 2.39. The Morgan fingerprint density at radius 3 is 1.97 bits per heavy atom. The average molecular weight is 435 g/mol. The minimum atomic E-state index is -0.228. The van der Waals surface area contributed by atoms with Crippen LogP contribution in [0.2, 0.25) is 0 Å². The van der Waals surface area contributed by atoms with Gasteiger partial charge in [0.05, 0.1) is 13.2 Å². The lowest BCUT2D eigenvalue weighted by Crippen LogP contribution is -2.27. The Kier molecular flexibility index (Phi) is 8.82. The molecule has 1 heterocycles. The van der Waals surface area contributed by atoms with Gasteiger partial charge in [0, 0.05) is 11.5 Å². The van der Waals surface area contributed by atoms with Crippen LogP contribution in [0, 0.1) is 0 Å². The van der Waals surface area contributed by atoms with E-state index in [2.05, 4.69) is 56.3 Å². The lowest BCUT2D eigenvalue weighted by molar-refractivity contribution is -0.191. The predicted molar refractivity (Wildman–Crippen MR) is 133 cm³/mol. The van der Waals surface area contributed by atoms with Crippen LogP contribution in [0.25, 0.3) is 0 Å². The van der Waals surface area contributed by atoms with Gasteiger partial charge in [0.1, 0.15) is 0 Å². The molecule has 0 atom stereocenters. The number of aryl methyl sites for hydroxylation is 2. The zero-order valence-corrected chi connectivity index (χ0v) is 20.3. The highest BCUT2D eigenvalue weighted by atomic mass is 16.7. The van der Waals surface area contributed by atoms with Gasteiger partial charge in [-0.3, -0.25) is 0 Å². The molecule has 4 rings (SSSR count). The largest absolute Gasteiger partial charge is 0.348 e. The molecule has 2 aromatic carbocycles. The van der Waals surface area contributed by atoms with Crippen LogP contribution in [-0.2, 0) is 22.3 Å². The van der Waals surface area contributed by atoms with E-state index in [-0.39, 0.29) is 6.29 Å². The molecule has 2 nitrogen and oxygen atoms in total. The average Bonchev–Trinajstić information content (AvgIpc) is 2.87. The third-order valence-corrected chi connectivity index (χ3v) is 7.42. The Bertz CT molecular complexity index is 811. The summed E-state index contributed by atoms with van der Waals surface area (Å²) in [7, 11) is 0. The SMILES string of the molecule is CCCCc1ccc([C@H]2OC[C@H](c3ccc(CCCC)cc3C3CCCCC3)CO2)cc1. The molecule has 2 aromatic rings. The topological polar surface area (TPSA) is 18.5 Å². The summed E-state index contributed by atoms with van der Waals surface area (Å²) in [5, 5.41) is 0. The van der Waals surface area contributed by atoms with Gasteiger partial charge in [-0.25, -0.2) is 0 Å². The quantitative estimate of drug-likeness (QED) is 0.395. The van der Waals surface area contributed by atoms with Gasteiger partial charge in [0.2, 0.25) is 0 Å². The Balaban J connectivity index is 1.44. The second-order valence-electron chi connectivity index (χ2n) is 9.94. The molecule has 0 N–H and O–H groups in total. The van der Waals surface area contributed by atoms with E-state index >= 15 is 0 Å². The summed E-state index contributed by atoms with van der Waals surface area (Å²) >= 11 is 0. The van der Waals surface area contributed by atoms with Crippen LogP contribution in [0.1, 0.15) is 118 Å². The fourth-order valence-corrected chi connectivity index (χ4v) is 5.40. The standard InChI is InChI=1S/C30H42O2/c1-3-5-10-23-14-17-26(18-15-23)30-31-21-27(22-32-30)28-19-16-24(11-6-4-2)20-29(28)25-12-8-7-9-13-25/h14-20,25,27,30H,3-13,21-22H2,1-2H3/t27-,30-. The summed E-state index contributed by atoms with van der Waals surface area (Å²) in [5.74, 6) is 1.06. The number of rotatable bonds is 9. The highest BCUT2D eigenvalue weighted by Gasteiger charge is 2.28. The van der Waals surface area contributed by atoms with Crippen LogP contribution in [-0.4, -0.2) is 13.2 Å². The first kappa shape index (κ1) is 23.5. The van der Waals surface area contributed by atoms with Crippen molar-refractivity contribution in [1.82, 2.24) is 0 Å². The summed E-state index contributed by atoms with van der Waals surface area (Å²) in [5.41, 5.74) is 7.13. The summed E-state index contributed by atoms with van der Waals surface area (Å²) in [6.07, 6.45) is 14.0. The zero-order chi connectivity index (χ0) is 22.2. The molecule has 1 saturated carbocycles. The molecule has 2 heteroatoms. The third kappa shape index (κ3) is 6.02. The Morgan fingerprint density at radius 2 is 1.31 bits per heavy atom. The van der Waals surface area contributed by atoms with Gasteiger partial charge in [-0.2, -0.15) is 0 Å². The van der Waals surface area contributed by atoms with Gasteiger partial charge < -0.3 is 9.47 Å². The number of hydrogen-bond donors (Lipinski definition) is 0. The third-order valence-electron chi connectivity index (χ3n) is 7.42. The van der Waals surface area contributed by atoms with Crippen LogP contribution in [0.15, 0.2) is 42.5 Å². The molecule has 0 radical (unpaired) electrons. The van der Waals surface area contributed by atoms with Crippen molar-refractivity contribution >= 4 is 0 Å². The van der Waals surface area contributed by atoms with E-state index in [0.717, 1.165) is 25.2 Å². The molecule has 0 aromatic heterocycles. The molecular weight excluding hydrogens is 392 g/mol. The highest BCUT2D eigenvalue weighted by molar-refractivity contribution is 5.38. The molecule has 1 aliphatic carbocycles. The van der Waals surface area contributed by atoms with Gasteiger partial charge in [-0.05, 0) is 66.7 Å². The van der Waals surface area contributed by atoms with Crippen molar-refractivity contribution in [2.45, 2.75) is 103 Å². The van der Waals surface area contributed by atoms with Crippen LogP contribution in [0.5, 0.6) is 0 Å². The molecule has 2 aliphatic rings.